The maximum atomic E-state index is 15.3. The quantitative estimate of drug-likeness (QED) is 0.580. The molecular weight excluding hydrogens is 442 g/mol. The molecule has 6 rings (SSSR count). The van der Waals surface area contributed by atoms with Gasteiger partial charge in [0.1, 0.15) is 12.0 Å². The van der Waals surface area contributed by atoms with E-state index >= 15 is 4.39 Å². The van der Waals surface area contributed by atoms with Crippen molar-refractivity contribution in [2.45, 2.75) is 18.2 Å². The number of aliphatic imine (C=N–C) groups is 1. The van der Waals surface area contributed by atoms with Gasteiger partial charge in [0.15, 0.2) is 11.4 Å². The molecule has 9 heteroatoms. The minimum Gasteiger partial charge on any atom is -0.452 e. The minimum absolute atomic E-state index is 0.0607. The summed E-state index contributed by atoms with van der Waals surface area (Å²) in [4.78, 5) is 12.3. The minimum atomic E-state index is -1.34. The van der Waals surface area contributed by atoms with E-state index in [0.29, 0.717) is 53.3 Å². The van der Waals surface area contributed by atoms with Crippen molar-refractivity contribution in [3.05, 3.63) is 77.4 Å². The SMILES string of the molecule is NC1CN=C[C@]2(O1)c1cc(-c3cccnc3F)ccc1Oc1c2cc(C2=CCCOC2)nc1F. The molecule has 0 fully saturated rings. The van der Waals surface area contributed by atoms with Gasteiger partial charge in [-0.05, 0) is 47.9 Å². The highest BCUT2D eigenvalue weighted by Gasteiger charge is 2.47. The number of fused-ring (bicyclic) bond motifs is 4. The van der Waals surface area contributed by atoms with Gasteiger partial charge < -0.3 is 19.9 Å². The molecule has 0 saturated heterocycles. The van der Waals surface area contributed by atoms with Gasteiger partial charge in [-0.3, -0.25) is 4.99 Å². The molecule has 3 aliphatic heterocycles. The van der Waals surface area contributed by atoms with E-state index in [9.17, 15) is 4.39 Å². The molecular formula is C25H20F2N4O3. The third-order valence-corrected chi connectivity index (χ3v) is 6.13. The van der Waals surface area contributed by atoms with E-state index in [1.54, 1.807) is 42.6 Å². The van der Waals surface area contributed by atoms with Crippen molar-refractivity contribution in [3.8, 4) is 22.6 Å². The zero-order chi connectivity index (χ0) is 23.3. The zero-order valence-electron chi connectivity index (χ0n) is 18.0. The highest BCUT2D eigenvalue weighted by atomic mass is 19.1. The molecule has 1 spiro atoms. The van der Waals surface area contributed by atoms with Gasteiger partial charge in [0.25, 0.3) is 5.95 Å². The van der Waals surface area contributed by atoms with Crippen molar-refractivity contribution in [2.75, 3.05) is 19.8 Å². The fourth-order valence-corrected chi connectivity index (χ4v) is 4.57. The second kappa shape index (κ2) is 8.05. The molecule has 2 N–H and O–H groups in total. The molecule has 2 aromatic heterocycles. The molecule has 2 atom stereocenters. The van der Waals surface area contributed by atoms with Gasteiger partial charge in [-0.25, -0.2) is 9.97 Å². The summed E-state index contributed by atoms with van der Waals surface area (Å²) in [5.41, 5.74) is 7.81. The second-order valence-electron chi connectivity index (χ2n) is 8.29. The number of nitrogens with zero attached hydrogens (tertiary/aromatic N) is 3. The highest BCUT2D eigenvalue weighted by molar-refractivity contribution is 5.84. The Hall–Kier alpha value is -3.53. The van der Waals surface area contributed by atoms with Crippen LogP contribution in [0.2, 0.25) is 0 Å². The van der Waals surface area contributed by atoms with Crippen molar-refractivity contribution in [2.24, 2.45) is 10.7 Å². The van der Waals surface area contributed by atoms with Crippen LogP contribution in [0.15, 0.2) is 53.7 Å². The average molecular weight is 462 g/mol. The Morgan fingerprint density at radius 2 is 2.00 bits per heavy atom. The molecule has 1 unspecified atom stereocenters. The largest absolute Gasteiger partial charge is 0.452 e. The average Bonchev–Trinajstić information content (AvgIpc) is 2.86. The lowest BCUT2D eigenvalue weighted by atomic mass is 9.82. The predicted octanol–water partition coefficient (Wildman–Crippen LogP) is 3.96. The van der Waals surface area contributed by atoms with E-state index in [1.807, 2.05) is 6.08 Å². The van der Waals surface area contributed by atoms with Gasteiger partial charge in [-0.1, -0.05) is 12.1 Å². The summed E-state index contributed by atoms with van der Waals surface area (Å²) < 4.78 is 47.5. The Labute approximate surface area is 193 Å². The number of rotatable bonds is 2. The van der Waals surface area contributed by atoms with E-state index in [-0.39, 0.29) is 12.3 Å². The molecule has 7 nitrogen and oxygen atoms in total. The van der Waals surface area contributed by atoms with Gasteiger partial charge in [0.05, 0.1) is 25.5 Å². The van der Waals surface area contributed by atoms with Gasteiger partial charge in [0.2, 0.25) is 5.95 Å². The van der Waals surface area contributed by atoms with Crippen LogP contribution in [0.3, 0.4) is 0 Å². The first-order valence-electron chi connectivity index (χ1n) is 10.9. The smallest absolute Gasteiger partial charge is 0.256 e. The predicted molar refractivity (Wildman–Crippen MR) is 121 cm³/mol. The van der Waals surface area contributed by atoms with Crippen LogP contribution in [-0.2, 0) is 15.1 Å². The molecule has 0 aliphatic carbocycles. The van der Waals surface area contributed by atoms with Gasteiger partial charge in [-0.15, -0.1) is 0 Å². The fourth-order valence-electron chi connectivity index (χ4n) is 4.57. The fraction of sp³-hybridized carbons (Fsp3) is 0.240. The highest BCUT2D eigenvalue weighted by Crippen LogP contribution is 2.51. The molecule has 0 radical (unpaired) electrons. The molecule has 172 valence electrons. The number of hydrogen-bond donors (Lipinski definition) is 1. The summed E-state index contributed by atoms with van der Waals surface area (Å²) in [6, 6.07) is 10.1. The topological polar surface area (TPSA) is 91.9 Å². The lowest BCUT2D eigenvalue weighted by Crippen LogP contribution is -2.47. The number of hydrogen-bond acceptors (Lipinski definition) is 7. The number of pyridine rings is 2. The Bertz CT molecular complexity index is 1360. The number of aromatic nitrogens is 2. The summed E-state index contributed by atoms with van der Waals surface area (Å²) in [7, 11) is 0. The molecule has 1 aromatic carbocycles. The van der Waals surface area contributed by atoms with Crippen LogP contribution < -0.4 is 10.5 Å². The number of nitrogens with two attached hydrogens (primary N) is 1. The molecule has 3 aromatic rings. The summed E-state index contributed by atoms with van der Waals surface area (Å²) in [6.07, 6.45) is 4.94. The standard InChI is InChI=1S/C25H20F2N4O3/c26-23-16(4-1-7-30-23)14-5-6-20-17(9-14)25(13-29-11-21(28)34-25)18-10-19(15-3-2-8-32-12-15)31-24(27)22(18)33-20/h1,3-7,9-10,13,21H,2,8,11-12,28H2/t21?,25-/m0/s1. The van der Waals surface area contributed by atoms with Gasteiger partial charge in [-0.2, -0.15) is 8.78 Å². The third-order valence-electron chi connectivity index (χ3n) is 6.13. The van der Waals surface area contributed by atoms with Gasteiger partial charge in [0, 0.05) is 29.1 Å². The van der Waals surface area contributed by atoms with Crippen molar-refractivity contribution >= 4 is 11.8 Å². The second-order valence-corrected chi connectivity index (χ2v) is 8.29. The lowest BCUT2D eigenvalue weighted by Gasteiger charge is -2.41. The van der Waals surface area contributed by atoms with Crippen LogP contribution in [0.1, 0.15) is 23.2 Å². The van der Waals surface area contributed by atoms with Crippen molar-refractivity contribution in [1.29, 1.82) is 0 Å². The Morgan fingerprint density at radius 3 is 2.79 bits per heavy atom. The van der Waals surface area contributed by atoms with Crippen LogP contribution in [0, 0.1) is 11.9 Å². The van der Waals surface area contributed by atoms with Crippen LogP contribution in [0.5, 0.6) is 11.5 Å². The maximum Gasteiger partial charge on any atom is 0.256 e. The van der Waals surface area contributed by atoms with E-state index in [1.165, 1.54) is 6.20 Å². The Kier molecular flexibility index (Phi) is 4.98. The van der Waals surface area contributed by atoms with E-state index in [4.69, 9.17) is 19.9 Å². The van der Waals surface area contributed by atoms with Gasteiger partial charge >= 0.3 is 0 Å². The summed E-state index contributed by atoms with van der Waals surface area (Å²) in [5.74, 6) is -1.10. The van der Waals surface area contributed by atoms with Crippen LogP contribution in [0.4, 0.5) is 8.78 Å². The van der Waals surface area contributed by atoms with Crippen LogP contribution in [-0.4, -0.2) is 42.2 Å². The number of benzene rings is 1. The van der Waals surface area contributed by atoms with Crippen LogP contribution >= 0.6 is 0 Å². The van der Waals surface area contributed by atoms with Crippen molar-refractivity contribution < 1.29 is 23.0 Å². The number of halogens is 2. The Morgan fingerprint density at radius 1 is 1.09 bits per heavy atom. The monoisotopic (exact) mass is 462 g/mol. The number of ether oxygens (including phenoxy) is 3. The normalized spacial score (nSPS) is 23.1. The summed E-state index contributed by atoms with van der Waals surface area (Å²) in [5, 5.41) is 0. The maximum absolute atomic E-state index is 15.3. The van der Waals surface area contributed by atoms with E-state index in [0.717, 1.165) is 5.57 Å². The van der Waals surface area contributed by atoms with E-state index < -0.39 is 23.7 Å². The Balaban J connectivity index is 1.58. The molecule has 5 heterocycles. The molecule has 34 heavy (non-hydrogen) atoms. The molecule has 0 saturated carbocycles. The zero-order valence-corrected chi connectivity index (χ0v) is 18.0. The van der Waals surface area contributed by atoms with E-state index in [2.05, 4.69) is 15.0 Å². The first-order chi connectivity index (χ1) is 16.5. The van der Waals surface area contributed by atoms with Crippen molar-refractivity contribution in [3.63, 3.8) is 0 Å². The first-order valence-corrected chi connectivity index (χ1v) is 10.9. The van der Waals surface area contributed by atoms with Crippen LogP contribution in [0.25, 0.3) is 16.7 Å². The molecule has 3 aliphatic rings. The first kappa shape index (κ1) is 21.0. The molecule has 0 amide bonds. The lowest BCUT2D eigenvalue weighted by molar-refractivity contribution is -0.0318. The van der Waals surface area contributed by atoms with Crippen molar-refractivity contribution in [1.82, 2.24) is 9.97 Å². The third kappa shape index (κ3) is 3.32. The summed E-state index contributed by atoms with van der Waals surface area (Å²) >= 11 is 0. The molecule has 0 bridgehead atoms. The summed E-state index contributed by atoms with van der Waals surface area (Å²) in [6.45, 7) is 1.19.